The molecule has 0 bridgehead atoms. The molecule has 0 unspecified atom stereocenters. The highest BCUT2D eigenvalue weighted by atomic mass is 79.9. The second-order valence-electron chi connectivity index (χ2n) is 4.13. The van der Waals surface area contributed by atoms with Gasteiger partial charge in [-0.3, -0.25) is 0 Å². The summed E-state index contributed by atoms with van der Waals surface area (Å²) < 4.78 is 0.974. The molecular formula is C14H7BrClNO2S. The van der Waals surface area contributed by atoms with Crippen LogP contribution in [0.3, 0.4) is 0 Å². The van der Waals surface area contributed by atoms with Gasteiger partial charge in [0.05, 0.1) is 25.4 Å². The largest absolute Gasteiger partial charge is 0.478 e. The number of carbonyl (C=O) groups is 1. The molecule has 3 rings (SSSR count). The molecule has 3 aromatic rings. The Morgan fingerprint density at radius 1 is 1.25 bits per heavy atom. The van der Waals surface area contributed by atoms with Crippen LogP contribution in [-0.4, -0.2) is 16.1 Å². The maximum atomic E-state index is 11.4. The molecule has 0 radical (unpaired) electrons. The Labute approximate surface area is 132 Å². The molecule has 0 saturated carbocycles. The Morgan fingerprint density at radius 3 is 2.70 bits per heavy atom. The first-order valence-electron chi connectivity index (χ1n) is 5.64. The molecule has 1 aromatic carbocycles. The van der Waals surface area contributed by atoms with Gasteiger partial charge < -0.3 is 5.11 Å². The summed E-state index contributed by atoms with van der Waals surface area (Å²) >= 11 is 10.8. The number of benzene rings is 1. The fourth-order valence-corrected chi connectivity index (χ4v) is 3.47. The number of pyridine rings is 1. The molecule has 0 saturated heterocycles. The summed E-state index contributed by atoms with van der Waals surface area (Å²) in [5, 5.41) is 10.4. The minimum Gasteiger partial charge on any atom is -0.478 e. The predicted octanol–water partition coefficient (Wildman–Crippen LogP) is 5.08. The predicted molar refractivity (Wildman–Crippen MR) is 84.7 cm³/mol. The van der Waals surface area contributed by atoms with E-state index in [1.807, 2.05) is 12.1 Å². The number of halogens is 2. The highest BCUT2D eigenvalue weighted by molar-refractivity contribution is 9.11. The Kier molecular flexibility index (Phi) is 3.50. The van der Waals surface area contributed by atoms with Gasteiger partial charge >= 0.3 is 5.97 Å². The fourth-order valence-electron chi connectivity index (χ4n) is 1.95. The topological polar surface area (TPSA) is 50.2 Å². The van der Waals surface area contributed by atoms with Crippen LogP contribution in [0.4, 0.5) is 0 Å². The van der Waals surface area contributed by atoms with Gasteiger partial charge in [-0.1, -0.05) is 11.6 Å². The normalized spacial score (nSPS) is 10.9. The van der Waals surface area contributed by atoms with E-state index in [9.17, 15) is 9.90 Å². The first kappa shape index (κ1) is 13.5. The molecule has 100 valence electrons. The lowest BCUT2D eigenvalue weighted by Gasteiger charge is -2.06. The lowest BCUT2D eigenvalue weighted by Crippen LogP contribution is -1.99. The molecule has 0 aliphatic carbocycles. The van der Waals surface area contributed by atoms with Crippen molar-refractivity contribution in [2.75, 3.05) is 0 Å². The number of aromatic carboxylic acids is 1. The Balaban J connectivity index is 2.31. The highest BCUT2D eigenvalue weighted by Crippen LogP contribution is 2.33. The van der Waals surface area contributed by atoms with Crippen molar-refractivity contribution in [2.45, 2.75) is 0 Å². The van der Waals surface area contributed by atoms with Gasteiger partial charge in [0.2, 0.25) is 0 Å². The standard InChI is InChI=1S/C14H7BrClNO2S/c15-13-4-3-12(20-13)11-6-9(14(18)19)8-5-7(16)1-2-10(8)17-11/h1-6H,(H,18,19). The van der Waals surface area contributed by atoms with Crippen molar-refractivity contribution in [2.24, 2.45) is 0 Å². The summed E-state index contributed by atoms with van der Waals surface area (Å²) in [5.41, 5.74) is 1.47. The SMILES string of the molecule is O=C(O)c1cc(-c2ccc(Br)s2)nc2ccc(Cl)cc12. The summed E-state index contributed by atoms with van der Waals surface area (Å²) in [6.07, 6.45) is 0. The van der Waals surface area contributed by atoms with Gasteiger partial charge in [-0.2, -0.15) is 0 Å². The van der Waals surface area contributed by atoms with Crippen LogP contribution in [0.1, 0.15) is 10.4 Å². The van der Waals surface area contributed by atoms with Gasteiger partial charge in [0.25, 0.3) is 0 Å². The number of hydrogen-bond acceptors (Lipinski definition) is 3. The van der Waals surface area contributed by atoms with Crippen LogP contribution in [0.5, 0.6) is 0 Å². The molecule has 0 amide bonds. The maximum absolute atomic E-state index is 11.4. The van der Waals surface area contributed by atoms with Crippen LogP contribution < -0.4 is 0 Å². The van der Waals surface area contributed by atoms with E-state index in [4.69, 9.17) is 11.6 Å². The smallest absolute Gasteiger partial charge is 0.336 e. The summed E-state index contributed by atoms with van der Waals surface area (Å²) in [6, 6.07) is 10.5. The van der Waals surface area contributed by atoms with E-state index in [1.54, 1.807) is 24.3 Å². The summed E-state index contributed by atoms with van der Waals surface area (Å²) in [5.74, 6) is -0.989. The van der Waals surface area contributed by atoms with Gasteiger partial charge in [0.1, 0.15) is 0 Å². The first-order valence-corrected chi connectivity index (χ1v) is 7.62. The molecule has 6 heteroatoms. The van der Waals surface area contributed by atoms with Gasteiger partial charge in [0, 0.05) is 10.4 Å². The van der Waals surface area contributed by atoms with Crippen LogP contribution in [0.2, 0.25) is 5.02 Å². The van der Waals surface area contributed by atoms with Crippen molar-refractivity contribution in [1.29, 1.82) is 0 Å². The monoisotopic (exact) mass is 367 g/mol. The van der Waals surface area contributed by atoms with E-state index in [1.165, 1.54) is 11.3 Å². The average molecular weight is 369 g/mol. The van der Waals surface area contributed by atoms with Crippen LogP contribution in [0.15, 0.2) is 40.2 Å². The van der Waals surface area contributed by atoms with E-state index in [-0.39, 0.29) is 5.56 Å². The van der Waals surface area contributed by atoms with Gasteiger partial charge in [0.15, 0.2) is 0 Å². The third-order valence-corrected chi connectivity index (χ3v) is 4.71. The molecule has 1 N–H and O–H groups in total. The van der Waals surface area contributed by atoms with E-state index >= 15 is 0 Å². The minimum atomic E-state index is -0.989. The molecule has 2 aromatic heterocycles. The zero-order valence-corrected chi connectivity index (χ0v) is 13.1. The minimum absolute atomic E-state index is 0.206. The van der Waals surface area contributed by atoms with Crippen LogP contribution in [0, 0.1) is 0 Å². The third-order valence-electron chi connectivity index (χ3n) is 2.83. The lowest BCUT2D eigenvalue weighted by molar-refractivity contribution is 0.0699. The Bertz CT molecular complexity index is 831. The average Bonchev–Trinajstić information content (AvgIpc) is 2.84. The molecule has 0 aliphatic heterocycles. The zero-order valence-electron chi connectivity index (χ0n) is 9.93. The van der Waals surface area contributed by atoms with Gasteiger partial charge in [-0.05, 0) is 52.3 Å². The molecule has 0 atom stereocenters. The quantitative estimate of drug-likeness (QED) is 0.686. The van der Waals surface area contributed by atoms with E-state index < -0.39 is 5.97 Å². The number of rotatable bonds is 2. The van der Waals surface area contributed by atoms with E-state index in [0.29, 0.717) is 21.6 Å². The number of aromatic nitrogens is 1. The van der Waals surface area contributed by atoms with Crippen LogP contribution in [-0.2, 0) is 0 Å². The van der Waals surface area contributed by atoms with E-state index in [2.05, 4.69) is 20.9 Å². The summed E-state index contributed by atoms with van der Waals surface area (Å²) in [6.45, 7) is 0. The summed E-state index contributed by atoms with van der Waals surface area (Å²) in [7, 11) is 0. The van der Waals surface area contributed by atoms with Crippen molar-refractivity contribution in [3.05, 3.63) is 50.8 Å². The van der Waals surface area contributed by atoms with Crippen molar-refractivity contribution in [3.8, 4) is 10.6 Å². The number of fused-ring (bicyclic) bond motifs is 1. The Hall–Kier alpha value is -1.43. The lowest BCUT2D eigenvalue weighted by atomic mass is 10.1. The number of nitrogens with zero attached hydrogens (tertiary/aromatic N) is 1. The fraction of sp³-hybridized carbons (Fsp3) is 0. The Morgan fingerprint density at radius 2 is 2.05 bits per heavy atom. The van der Waals surface area contributed by atoms with Crippen LogP contribution >= 0.6 is 38.9 Å². The second-order valence-corrected chi connectivity index (χ2v) is 7.02. The number of carboxylic acids is 1. The molecule has 0 spiro atoms. The van der Waals surface area contributed by atoms with Gasteiger partial charge in [-0.25, -0.2) is 9.78 Å². The molecular weight excluding hydrogens is 362 g/mol. The second kappa shape index (κ2) is 5.16. The van der Waals surface area contributed by atoms with Crippen molar-refractivity contribution >= 4 is 55.7 Å². The first-order chi connectivity index (χ1) is 9.54. The highest BCUT2D eigenvalue weighted by Gasteiger charge is 2.14. The number of carboxylic acid groups (broad SMARTS) is 1. The van der Waals surface area contributed by atoms with Gasteiger partial charge in [-0.15, -0.1) is 11.3 Å². The maximum Gasteiger partial charge on any atom is 0.336 e. The molecule has 0 fully saturated rings. The third kappa shape index (κ3) is 2.44. The molecule has 2 heterocycles. The van der Waals surface area contributed by atoms with Crippen molar-refractivity contribution in [1.82, 2.24) is 4.98 Å². The van der Waals surface area contributed by atoms with Crippen molar-refractivity contribution < 1.29 is 9.90 Å². The van der Waals surface area contributed by atoms with E-state index in [0.717, 1.165) is 8.66 Å². The number of thiophene rings is 1. The molecule has 3 nitrogen and oxygen atoms in total. The van der Waals surface area contributed by atoms with Crippen molar-refractivity contribution in [3.63, 3.8) is 0 Å². The summed E-state index contributed by atoms with van der Waals surface area (Å²) in [4.78, 5) is 16.9. The molecule has 0 aliphatic rings. The number of hydrogen-bond donors (Lipinski definition) is 1. The molecule has 20 heavy (non-hydrogen) atoms. The van der Waals surface area contributed by atoms with Crippen LogP contribution in [0.25, 0.3) is 21.5 Å². The zero-order chi connectivity index (χ0) is 14.3.